The number of likely N-dealkylation sites (N-methyl/N-ethyl adjacent to an activating group) is 1. The van der Waals surface area contributed by atoms with Crippen LogP contribution in [0.3, 0.4) is 0 Å². The number of nitrogens with zero attached hydrogens (tertiary/aromatic N) is 3. The fourth-order valence-corrected chi connectivity index (χ4v) is 2.95. The van der Waals surface area contributed by atoms with E-state index in [1.165, 1.54) is 11.3 Å². The molecule has 0 aromatic carbocycles. The van der Waals surface area contributed by atoms with E-state index in [9.17, 15) is 4.79 Å². The van der Waals surface area contributed by atoms with E-state index in [-0.39, 0.29) is 17.6 Å². The predicted octanol–water partition coefficient (Wildman–Crippen LogP) is 2.58. The molecule has 0 amide bonds. The van der Waals surface area contributed by atoms with Crippen molar-refractivity contribution in [2.75, 3.05) is 33.8 Å². The van der Waals surface area contributed by atoms with Crippen molar-refractivity contribution in [3.05, 3.63) is 15.6 Å². The van der Waals surface area contributed by atoms with E-state index in [0.29, 0.717) is 23.7 Å². The maximum Gasteiger partial charge on any atom is 0.350 e. The molecule has 0 saturated heterocycles. The number of ether oxygens (including phenoxy) is 1. The molecule has 2 N–H and O–H groups in total. The third kappa shape index (κ3) is 6.25. The number of esters is 1. The van der Waals surface area contributed by atoms with E-state index >= 15 is 0 Å². The van der Waals surface area contributed by atoms with Gasteiger partial charge in [-0.1, -0.05) is 0 Å². The van der Waals surface area contributed by atoms with Crippen LogP contribution in [0.4, 0.5) is 0 Å². The molecule has 1 heterocycles. The van der Waals surface area contributed by atoms with Crippen LogP contribution in [0.25, 0.3) is 0 Å². The Morgan fingerprint density at radius 2 is 2.04 bits per heavy atom. The number of aliphatic imine (C=N–C) groups is 1. The molecule has 1 rings (SSSR count). The van der Waals surface area contributed by atoms with Gasteiger partial charge < -0.3 is 20.3 Å². The standard InChI is InChI=1S/C18H33N5O2S/c1-9-19-17(20-11-18(5,6)23(7)8)22-13(4)15-21-12(3)14(26-15)16(24)25-10-2/h13H,9-11H2,1-8H3,(H2,19,20,22). The maximum absolute atomic E-state index is 12.0. The van der Waals surface area contributed by atoms with Gasteiger partial charge in [0.15, 0.2) is 5.96 Å². The first-order chi connectivity index (χ1) is 12.1. The van der Waals surface area contributed by atoms with Crippen LogP contribution in [-0.4, -0.2) is 61.1 Å². The SMILES string of the molecule is CCNC(=NCC(C)(C)N(C)C)NC(C)c1nc(C)c(C(=O)OCC)s1. The number of carbonyl (C=O) groups is 1. The van der Waals surface area contributed by atoms with Crippen molar-refractivity contribution >= 4 is 23.3 Å². The molecule has 0 spiro atoms. The Kier molecular flexibility index (Phi) is 8.49. The summed E-state index contributed by atoms with van der Waals surface area (Å²) in [5.74, 6) is 0.426. The highest BCUT2D eigenvalue weighted by Crippen LogP contribution is 2.24. The molecule has 148 valence electrons. The van der Waals surface area contributed by atoms with Crippen molar-refractivity contribution in [3.8, 4) is 0 Å². The predicted molar refractivity (Wildman–Crippen MR) is 108 cm³/mol. The highest BCUT2D eigenvalue weighted by atomic mass is 32.1. The van der Waals surface area contributed by atoms with Crippen LogP contribution in [0, 0.1) is 6.92 Å². The Morgan fingerprint density at radius 1 is 1.38 bits per heavy atom. The van der Waals surface area contributed by atoms with E-state index in [1.54, 1.807) is 6.92 Å². The van der Waals surface area contributed by atoms with Gasteiger partial charge in [0.05, 0.1) is 24.9 Å². The van der Waals surface area contributed by atoms with Crippen molar-refractivity contribution in [3.63, 3.8) is 0 Å². The summed E-state index contributed by atoms with van der Waals surface area (Å²) >= 11 is 1.37. The first kappa shape index (κ1) is 22.4. The molecular formula is C18H33N5O2S. The van der Waals surface area contributed by atoms with Gasteiger partial charge in [-0.25, -0.2) is 9.78 Å². The molecule has 1 aromatic rings. The highest BCUT2D eigenvalue weighted by molar-refractivity contribution is 7.13. The lowest BCUT2D eigenvalue weighted by Gasteiger charge is -2.31. The number of aryl methyl sites for hydroxylation is 1. The largest absolute Gasteiger partial charge is 0.462 e. The van der Waals surface area contributed by atoms with E-state index in [0.717, 1.165) is 17.5 Å². The molecule has 0 fully saturated rings. The van der Waals surface area contributed by atoms with Gasteiger partial charge in [-0.2, -0.15) is 0 Å². The molecule has 8 heteroatoms. The lowest BCUT2D eigenvalue weighted by Crippen LogP contribution is -2.44. The number of guanidine groups is 1. The summed E-state index contributed by atoms with van der Waals surface area (Å²) in [5, 5.41) is 7.47. The van der Waals surface area contributed by atoms with E-state index in [2.05, 4.69) is 34.4 Å². The number of rotatable bonds is 8. The third-order valence-electron chi connectivity index (χ3n) is 4.18. The van der Waals surface area contributed by atoms with Gasteiger partial charge in [0, 0.05) is 12.1 Å². The van der Waals surface area contributed by atoms with Crippen LogP contribution < -0.4 is 10.6 Å². The zero-order chi connectivity index (χ0) is 19.9. The topological polar surface area (TPSA) is 78.9 Å². The van der Waals surface area contributed by atoms with Crippen molar-refractivity contribution < 1.29 is 9.53 Å². The van der Waals surface area contributed by atoms with E-state index in [1.807, 2.05) is 34.9 Å². The second-order valence-corrected chi connectivity index (χ2v) is 7.99. The number of nitrogens with one attached hydrogen (secondary N) is 2. The lowest BCUT2D eigenvalue weighted by molar-refractivity contribution is 0.0531. The molecule has 0 saturated carbocycles. The monoisotopic (exact) mass is 383 g/mol. The minimum absolute atomic E-state index is 0.0412. The van der Waals surface area contributed by atoms with Gasteiger partial charge in [-0.15, -0.1) is 11.3 Å². The minimum atomic E-state index is -0.311. The lowest BCUT2D eigenvalue weighted by atomic mass is 10.1. The second kappa shape index (κ2) is 9.87. The molecule has 1 unspecified atom stereocenters. The van der Waals surface area contributed by atoms with Crippen molar-refractivity contribution in [1.29, 1.82) is 0 Å². The first-order valence-electron chi connectivity index (χ1n) is 8.99. The average molecular weight is 384 g/mol. The summed E-state index contributed by atoms with van der Waals surface area (Å²) in [5.41, 5.74) is 0.660. The van der Waals surface area contributed by atoms with Gasteiger partial charge >= 0.3 is 5.97 Å². The number of carbonyl (C=O) groups excluding carboxylic acids is 1. The molecule has 0 aliphatic heterocycles. The van der Waals surface area contributed by atoms with Crippen molar-refractivity contribution in [2.24, 2.45) is 4.99 Å². The number of hydrogen-bond donors (Lipinski definition) is 2. The first-order valence-corrected chi connectivity index (χ1v) is 9.80. The van der Waals surface area contributed by atoms with Crippen molar-refractivity contribution in [1.82, 2.24) is 20.5 Å². The fourth-order valence-electron chi connectivity index (χ4n) is 1.99. The zero-order valence-corrected chi connectivity index (χ0v) is 18.1. The molecule has 1 atom stereocenters. The van der Waals surface area contributed by atoms with Crippen LogP contribution in [0.15, 0.2) is 4.99 Å². The quantitative estimate of drug-likeness (QED) is 0.408. The molecule has 7 nitrogen and oxygen atoms in total. The van der Waals surface area contributed by atoms with Crippen LogP contribution in [0.1, 0.15) is 61.0 Å². The Hall–Kier alpha value is -1.67. The van der Waals surface area contributed by atoms with Crippen molar-refractivity contribution in [2.45, 2.75) is 53.1 Å². The number of hydrogen-bond acceptors (Lipinski definition) is 6. The zero-order valence-electron chi connectivity index (χ0n) is 17.3. The Balaban J connectivity index is 2.89. The van der Waals surface area contributed by atoms with Crippen LogP contribution >= 0.6 is 11.3 Å². The highest BCUT2D eigenvalue weighted by Gasteiger charge is 2.22. The third-order valence-corrected chi connectivity index (χ3v) is 5.50. The normalized spacial score (nSPS) is 13.7. The van der Waals surface area contributed by atoms with Crippen LogP contribution in [-0.2, 0) is 4.74 Å². The molecule has 0 aliphatic rings. The van der Waals surface area contributed by atoms with Crippen LogP contribution in [0.2, 0.25) is 0 Å². The average Bonchev–Trinajstić information content (AvgIpc) is 2.95. The van der Waals surface area contributed by atoms with Crippen LogP contribution in [0.5, 0.6) is 0 Å². The summed E-state index contributed by atoms with van der Waals surface area (Å²) in [6.07, 6.45) is 0. The summed E-state index contributed by atoms with van der Waals surface area (Å²) in [7, 11) is 4.10. The molecular weight excluding hydrogens is 350 g/mol. The summed E-state index contributed by atoms with van der Waals surface area (Å²) in [6.45, 7) is 13.8. The molecule has 0 radical (unpaired) electrons. The number of thiazole rings is 1. The van der Waals surface area contributed by atoms with Gasteiger partial charge in [0.1, 0.15) is 9.88 Å². The Morgan fingerprint density at radius 3 is 2.58 bits per heavy atom. The van der Waals surface area contributed by atoms with Gasteiger partial charge in [-0.3, -0.25) is 4.99 Å². The maximum atomic E-state index is 12.0. The van der Waals surface area contributed by atoms with Gasteiger partial charge in [0.25, 0.3) is 0 Å². The van der Waals surface area contributed by atoms with Gasteiger partial charge in [-0.05, 0) is 55.6 Å². The molecule has 0 bridgehead atoms. The van der Waals surface area contributed by atoms with Gasteiger partial charge in [0.2, 0.25) is 0 Å². The fraction of sp³-hybridized carbons (Fsp3) is 0.722. The molecule has 0 aliphatic carbocycles. The smallest absolute Gasteiger partial charge is 0.350 e. The number of aromatic nitrogens is 1. The van der Waals surface area contributed by atoms with E-state index < -0.39 is 0 Å². The second-order valence-electron chi connectivity index (χ2n) is 6.96. The molecule has 26 heavy (non-hydrogen) atoms. The molecule has 1 aromatic heterocycles. The Bertz CT molecular complexity index is 625. The van der Waals surface area contributed by atoms with E-state index in [4.69, 9.17) is 9.73 Å². The summed E-state index contributed by atoms with van der Waals surface area (Å²) in [6, 6.07) is -0.0675. The summed E-state index contributed by atoms with van der Waals surface area (Å²) < 4.78 is 5.09. The minimum Gasteiger partial charge on any atom is -0.462 e. The summed E-state index contributed by atoms with van der Waals surface area (Å²) in [4.78, 5) is 23.9. The Labute approximate surface area is 161 Å².